The molecule has 0 unspecified atom stereocenters. The Kier molecular flexibility index (Phi) is 3.95. The zero-order chi connectivity index (χ0) is 14.8. The smallest absolute Gasteiger partial charge is 0.380 e. The maximum Gasteiger partial charge on any atom is 0.419 e. The minimum Gasteiger partial charge on any atom is -0.380 e. The summed E-state index contributed by atoms with van der Waals surface area (Å²) in [6, 6.07) is 8.07. The van der Waals surface area contributed by atoms with Crippen molar-refractivity contribution in [3.8, 4) is 6.07 Å². The second-order valence-corrected chi connectivity index (χ2v) is 5.09. The number of thiophene rings is 1. The van der Waals surface area contributed by atoms with Crippen LogP contribution in [0.4, 0.5) is 23.2 Å². The van der Waals surface area contributed by atoms with Crippen LogP contribution in [0.3, 0.4) is 0 Å². The molecular weight excluding hydrogens is 292 g/mol. The molecule has 20 heavy (non-hydrogen) atoms. The summed E-state index contributed by atoms with van der Waals surface area (Å²) < 4.78 is 50.7. The van der Waals surface area contributed by atoms with Crippen LogP contribution in [0, 0.1) is 17.1 Å². The van der Waals surface area contributed by atoms with Gasteiger partial charge in [0.1, 0.15) is 16.8 Å². The van der Waals surface area contributed by atoms with Gasteiger partial charge in [-0.3, -0.25) is 0 Å². The molecule has 0 aliphatic rings. The lowest BCUT2D eigenvalue weighted by atomic mass is 10.2. The van der Waals surface area contributed by atoms with Crippen molar-refractivity contribution in [2.45, 2.75) is 12.7 Å². The second-order valence-electron chi connectivity index (χ2n) is 3.92. The maximum absolute atomic E-state index is 13.1. The summed E-state index contributed by atoms with van der Waals surface area (Å²) in [6.45, 7) is 0.273. The molecular formula is C13H8F4N2S. The standard InChI is InChI=1S/C13H8F4N2S/c14-12-4-1-8(5-11(12)13(15,16)17)19-7-10-3-2-9(6-18)20-10/h1-5,19H,7H2. The van der Waals surface area contributed by atoms with E-state index in [4.69, 9.17) is 5.26 Å². The van der Waals surface area contributed by atoms with E-state index in [0.29, 0.717) is 4.88 Å². The van der Waals surface area contributed by atoms with Gasteiger partial charge >= 0.3 is 6.18 Å². The highest BCUT2D eigenvalue weighted by Crippen LogP contribution is 2.33. The van der Waals surface area contributed by atoms with Crippen LogP contribution in [0.5, 0.6) is 0 Å². The molecule has 1 N–H and O–H groups in total. The van der Waals surface area contributed by atoms with Gasteiger partial charge in [-0.2, -0.15) is 18.4 Å². The quantitative estimate of drug-likeness (QED) is 0.853. The van der Waals surface area contributed by atoms with Crippen LogP contribution in [0.25, 0.3) is 0 Å². The molecule has 0 aliphatic heterocycles. The van der Waals surface area contributed by atoms with Crippen LogP contribution in [0.1, 0.15) is 15.3 Å². The van der Waals surface area contributed by atoms with Gasteiger partial charge in [-0.15, -0.1) is 11.3 Å². The number of alkyl halides is 3. The van der Waals surface area contributed by atoms with Crippen LogP contribution in [-0.2, 0) is 12.7 Å². The van der Waals surface area contributed by atoms with Gasteiger partial charge < -0.3 is 5.32 Å². The van der Waals surface area contributed by atoms with Gasteiger partial charge in [-0.25, -0.2) is 4.39 Å². The Morgan fingerprint density at radius 1 is 1.20 bits per heavy atom. The predicted molar refractivity (Wildman–Crippen MR) is 67.8 cm³/mol. The van der Waals surface area contributed by atoms with Gasteiger partial charge in [0.2, 0.25) is 0 Å². The van der Waals surface area contributed by atoms with E-state index in [9.17, 15) is 17.6 Å². The van der Waals surface area contributed by atoms with Crippen molar-refractivity contribution >= 4 is 17.0 Å². The SMILES string of the molecule is N#Cc1ccc(CNc2ccc(F)c(C(F)(F)F)c2)s1. The van der Waals surface area contributed by atoms with Crippen LogP contribution in [-0.4, -0.2) is 0 Å². The first-order valence-corrected chi connectivity index (χ1v) is 6.31. The highest BCUT2D eigenvalue weighted by molar-refractivity contribution is 7.12. The summed E-state index contributed by atoms with van der Waals surface area (Å²) in [6.07, 6.45) is -4.72. The van der Waals surface area contributed by atoms with Crippen molar-refractivity contribution in [1.82, 2.24) is 0 Å². The van der Waals surface area contributed by atoms with E-state index in [1.165, 1.54) is 17.4 Å². The number of rotatable bonds is 3. The average Bonchev–Trinajstić information content (AvgIpc) is 2.84. The molecule has 0 saturated heterocycles. The third kappa shape index (κ3) is 3.27. The summed E-state index contributed by atoms with van der Waals surface area (Å²) in [5.41, 5.74) is -1.13. The van der Waals surface area contributed by atoms with Crippen LogP contribution in [0.2, 0.25) is 0 Å². The first-order chi connectivity index (χ1) is 9.40. The molecule has 0 bridgehead atoms. The molecule has 0 fully saturated rings. The van der Waals surface area contributed by atoms with Crippen LogP contribution in [0.15, 0.2) is 30.3 Å². The van der Waals surface area contributed by atoms with E-state index >= 15 is 0 Å². The number of halogens is 4. The summed E-state index contributed by atoms with van der Waals surface area (Å²) in [5.74, 6) is -1.30. The van der Waals surface area contributed by atoms with E-state index in [2.05, 4.69) is 5.32 Å². The molecule has 0 spiro atoms. The minimum atomic E-state index is -4.72. The van der Waals surface area contributed by atoms with E-state index in [-0.39, 0.29) is 12.2 Å². The maximum atomic E-state index is 13.1. The number of hydrogen-bond acceptors (Lipinski definition) is 3. The first kappa shape index (κ1) is 14.3. The van der Waals surface area contributed by atoms with Crippen molar-refractivity contribution in [3.05, 3.63) is 51.5 Å². The summed E-state index contributed by atoms with van der Waals surface area (Å²) in [4.78, 5) is 1.33. The third-order valence-electron chi connectivity index (χ3n) is 2.51. The Morgan fingerprint density at radius 3 is 2.55 bits per heavy atom. The number of nitrogens with zero attached hydrogens (tertiary/aromatic N) is 1. The molecule has 0 saturated carbocycles. The van der Waals surface area contributed by atoms with Gasteiger partial charge in [-0.05, 0) is 30.3 Å². The van der Waals surface area contributed by atoms with Gasteiger partial charge in [-0.1, -0.05) is 0 Å². The molecule has 0 atom stereocenters. The monoisotopic (exact) mass is 300 g/mol. The number of nitrogens with one attached hydrogen (secondary N) is 1. The highest BCUT2D eigenvalue weighted by Gasteiger charge is 2.34. The third-order valence-corrected chi connectivity index (χ3v) is 3.50. The largest absolute Gasteiger partial charge is 0.419 e. The lowest BCUT2D eigenvalue weighted by Crippen LogP contribution is -2.09. The summed E-state index contributed by atoms with van der Waals surface area (Å²) >= 11 is 1.25. The average molecular weight is 300 g/mol. The Hall–Kier alpha value is -2.07. The molecule has 2 nitrogen and oxygen atoms in total. The molecule has 7 heteroatoms. The fraction of sp³-hybridized carbons (Fsp3) is 0.154. The van der Waals surface area contributed by atoms with Crippen molar-refractivity contribution in [1.29, 1.82) is 5.26 Å². The van der Waals surface area contributed by atoms with E-state index < -0.39 is 17.6 Å². The fourth-order valence-electron chi connectivity index (χ4n) is 1.57. The van der Waals surface area contributed by atoms with Crippen molar-refractivity contribution in [2.24, 2.45) is 0 Å². The zero-order valence-electron chi connectivity index (χ0n) is 9.96. The predicted octanol–water partition coefficient (Wildman–Crippen LogP) is 4.39. The van der Waals surface area contributed by atoms with Crippen LogP contribution >= 0.6 is 11.3 Å². The lowest BCUT2D eigenvalue weighted by Gasteiger charge is -2.11. The van der Waals surface area contributed by atoms with Gasteiger partial charge in [0.05, 0.1) is 5.56 Å². The van der Waals surface area contributed by atoms with Gasteiger partial charge in [0, 0.05) is 17.1 Å². The molecule has 1 heterocycles. The normalized spacial score (nSPS) is 11.2. The Labute approximate surface area is 116 Å². The molecule has 0 aliphatic carbocycles. The molecule has 104 valence electrons. The fourth-order valence-corrected chi connectivity index (χ4v) is 2.32. The van der Waals surface area contributed by atoms with E-state index in [1.54, 1.807) is 12.1 Å². The molecule has 0 radical (unpaired) electrons. The van der Waals surface area contributed by atoms with Gasteiger partial charge in [0.15, 0.2) is 0 Å². The summed E-state index contributed by atoms with van der Waals surface area (Å²) in [5, 5.41) is 11.4. The van der Waals surface area contributed by atoms with Crippen molar-refractivity contribution in [3.63, 3.8) is 0 Å². The highest BCUT2D eigenvalue weighted by atomic mass is 32.1. The van der Waals surface area contributed by atoms with Crippen molar-refractivity contribution < 1.29 is 17.6 Å². The topological polar surface area (TPSA) is 35.8 Å². The molecule has 0 amide bonds. The number of hydrogen-bond donors (Lipinski definition) is 1. The minimum absolute atomic E-state index is 0.172. The van der Waals surface area contributed by atoms with Crippen molar-refractivity contribution in [2.75, 3.05) is 5.32 Å². The molecule has 1 aromatic heterocycles. The second kappa shape index (κ2) is 5.51. The Bertz CT molecular complexity index is 655. The van der Waals surface area contributed by atoms with E-state index in [1.807, 2.05) is 6.07 Å². The number of benzene rings is 1. The van der Waals surface area contributed by atoms with E-state index in [0.717, 1.165) is 17.0 Å². The number of nitriles is 1. The molecule has 1 aromatic carbocycles. The number of anilines is 1. The zero-order valence-corrected chi connectivity index (χ0v) is 10.8. The summed E-state index contributed by atoms with van der Waals surface area (Å²) in [7, 11) is 0. The van der Waals surface area contributed by atoms with Crippen LogP contribution < -0.4 is 5.32 Å². The molecule has 2 rings (SSSR count). The Balaban J connectivity index is 2.12. The Morgan fingerprint density at radius 2 is 1.95 bits per heavy atom. The first-order valence-electron chi connectivity index (χ1n) is 5.49. The lowest BCUT2D eigenvalue weighted by molar-refractivity contribution is -0.139. The molecule has 2 aromatic rings. The van der Waals surface area contributed by atoms with Gasteiger partial charge in [0.25, 0.3) is 0 Å².